The second-order valence-electron chi connectivity index (χ2n) is 4.24. The van der Waals surface area contributed by atoms with Crippen molar-refractivity contribution in [1.82, 2.24) is 5.32 Å². The predicted octanol–water partition coefficient (Wildman–Crippen LogP) is 2.64. The molecule has 114 valence electrons. The summed E-state index contributed by atoms with van der Waals surface area (Å²) in [5.41, 5.74) is 0.962. The van der Waals surface area contributed by atoms with Crippen LogP contribution in [0, 0.1) is 0 Å². The Kier molecular flexibility index (Phi) is 7.25. The third kappa shape index (κ3) is 5.30. The minimum atomic E-state index is -2.43. The number of benzene rings is 1. The van der Waals surface area contributed by atoms with Crippen LogP contribution in [0.15, 0.2) is 18.2 Å². The highest BCUT2D eigenvalue weighted by Gasteiger charge is 2.13. The molecule has 0 aliphatic rings. The Labute approximate surface area is 118 Å². The average molecular weight is 289 g/mol. The molecule has 0 aliphatic carbocycles. The minimum Gasteiger partial charge on any atom is -0.497 e. The van der Waals surface area contributed by atoms with Crippen LogP contribution in [0.4, 0.5) is 8.78 Å². The third-order valence-electron chi connectivity index (χ3n) is 2.92. The van der Waals surface area contributed by atoms with Gasteiger partial charge in [0, 0.05) is 18.7 Å². The van der Waals surface area contributed by atoms with Gasteiger partial charge in [-0.1, -0.05) is 0 Å². The molecule has 1 aromatic carbocycles. The first kappa shape index (κ1) is 16.7. The van der Waals surface area contributed by atoms with Crippen molar-refractivity contribution in [2.45, 2.75) is 18.9 Å². The third-order valence-corrected chi connectivity index (χ3v) is 2.92. The van der Waals surface area contributed by atoms with Gasteiger partial charge in [-0.05, 0) is 31.2 Å². The summed E-state index contributed by atoms with van der Waals surface area (Å²) >= 11 is 0. The fourth-order valence-corrected chi connectivity index (χ4v) is 1.88. The van der Waals surface area contributed by atoms with E-state index in [1.807, 2.05) is 19.2 Å². The number of nitrogens with one attached hydrogen (secondary N) is 1. The molecule has 0 bridgehead atoms. The van der Waals surface area contributed by atoms with Crippen molar-refractivity contribution >= 4 is 0 Å². The first-order valence-electron chi connectivity index (χ1n) is 6.36. The fraction of sp³-hybridized carbons (Fsp3) is 0.571. The van der Waals surface area contributed by atoms with Crippen LogP contribution in [0.25, 0.3) is 0 Å². The lowest BCUT2D eigenvalue weighted by Gasteiger charge is -2.18. The molecule has 0 heterocycles. The molecule has 0 aromatic heterocycles. The van der Waals surface area contributed by atoms with Gasteiger partial charge in [-0.3, -0.25) is 0 Å². The smallest absolute Gasteiger partial charge is 0.261 e. The Morgan fingerprint density at radius 2 is 1.70 bits per heavy atom. The average Bonchev–Trinajstić information content (AvgIpc) is 2.46. The second kappa shape index (κ2) is 8.71. The van der Waals surface area contributed by atoms with Gasteiger partial charge in [0.2, 0.25) is 0 Å². The van der Waals surface area contributed by atoms with E-state index < -0.39 is 13.0 Å². The first-order valence-corrected chi connectivity index (χ1v) is 6.36. The van der Waals surface area contributed by atoms with Crippen molar-refractivity contribution < 1.29 is 23.0 Å². The van der Waals surface area contributed by atoms with Gasteiger partial charge in [-0.25, -0.2) is 8.78 Å². The molecule has 1 unspecified atom stereocenters. The van der Waals surface area contributed by atoms with E-state index in [1.54, 1.807) is 20.3 Å². The zero-order valence-electron chi connectivity index (χ0n) is 12.0. The Balaban J connectivity index is 2.68. The van der Waals surface area contributed by atoms with Crippen LogP contribution in [0.3, 0.4) is 0 Å². The van der Waals surface area contributed by atoms with Gasteiger partial charge in [-0.2, -0.15) is 0 Å². The highest BCUT2D eigenvalue weighted by Crippen LogP contribution is 2.27. The molecule has 20 heavy (non-hydrogen) atoms. The number of methoxy groups -OCH3 is 2. The number of halogens is 2. The fourth-order valence-electron chi connectivity index (χ4n) is 1.88. The van der Waals surface area contributed by atoms with E-state index in [1.165, 1.54) is 0 Å². The molecule has 0 radical (unpaired) electrons. The van der Waals surface area contributed by atoms with Crippen LogP contribution in [0.1, 0.15) is 18.0 Å². The van der Waals surface area contributed by atoms with Gasteiger partial charge < -0.3 is 19.5 Å². The Bertz CT molecular complexity index is 380. The molecule has 0 saturated carbocycles. The Hall–Kier alpha value is -1.40. The highest BCUT2D eigenvalue weighted by atomic mass is 19.3. The molecule has 0 aliphatic heterocycles. The summed E-state index contributed by atoms with van der Waals surface area (Å²) < 4.78 is 39.3. The molecule has 0 saturated heterocycles. The number of rotatable bonds is 9. The Morgan fingerprint density at radius 1 is 1.10 bits per heavy atom. The van der Waals surface area contributed by atoms with Gasteiger partial charge in [-0.15, -0.1) is 0 Å². The number of hydrogen-bond donors (Lipinski definition) is 1. The normalized spacial score (nSPS) is 12.5. The molecule has 1 rings (SSSR count). The van der Waals surface area contributed by atoms with Crippen molar-refractivity contribution in [2.24, 2.45) is 0 Å². The van der Waals surface area contributed by atoms with Crippen molar-refractivity contribution in [3.05, 3.63) is 23.8 Å². The largest absolute Gasteiger partial charge is 0.497 e. The first-order chi connectivity index (χ1) is 9.60. The van der Waals surface area contributed by atoms with Crippen molar-refractivity contribution in [1.29, 1.82) is 0 Å². The maximum atomic E-state index is 12.0. The molecule has 0 amide bonds. The molecule has 6 heteroatoms. The summed E-state index contributed by atoms with van der Waals surface area (Å²) in [6.07, 6.45) is -1.85. The van der Waals surface area contributed by atoms with Crippen LogP contribution < -0.4 is 14.8 Å². The van der Waals surface area contributed by atoms with E-state index in [4.69, 9.17) is 14.2 Å². The summed E-state index contributed by atoms with van der Waals surface area (Å²) in [5.74, 6) is 1.38. The number of hydrogen-bond acceptors (Lipinski definition) is 4. The molecule has 0 spiro atoms. The van der Waals surface area contributed by atoms with Crippen molar-refractivity contribution in [3.63, 3.8) is 0 Å². The number of ether oxygens (including phenoxy) is 3. The lowest BCUT2D eigenvalue weighted by molar-refractivity contribution is 0.0145. The van der Waals surface area contributed by atoms with Crippen LogP contribution in [-0.2, 0) is 4.74 Å². The van der Waals surface area contributed by atoms with E-state index in [0.717, 1.165) is 5.56 Å². The van der Waals surface area contributed by atoms with E-state index in [9.17, 15) is 8.78 Å². The van der Waals surface area contributed by atoms with E-state index in [2.05, 4.69) is 5.32 Å². The van der Waals surface area contributed by atoms with Crippen molar-refractivity contribution in [3.8, 4) is 11.5 Å². The molecule has 1 aromatic rings. The van der Waals surface area contributed by atoms with E-state index in [-0.39, 0.29) is 12.6 Å². The zero-order chi connectivity index (χ0) is 15.0. The molecular formula is C14H21F2NO3. The second-order valence-corrected chi connectivity index (χ2v) is 4.24. The maximum Gasteiger partial charge on any atom is 0.261 e. The van der Waals surface area contributed by atoms with Gasteiger partial charge in [0.15, 0.2) is 0 Å². The Morgan fingerprint density at radius 3 is 2.15 bits per heavy atom. The topological polar surface area (TPSA) is 39.7 Å². The number of alkyl halides is 2. The summed E-state index contributed by atoms with van der Waals surface area (Å²) in [4.78, 5) is 0. The predicted molar refractivity (Wildman–Crippen MR) is 72.8 cm³/mol. The SMILES string of the molecule is CNC(CCOCC(F)F)c1cc(OC)cc(OC)c1. The van der Waals surface area contributed by atoms with Gasteiger partial charge >= 0.3 is 0 Å². The van der Waals surface area contributed by atoms with Crippen LogP contribution >= 0.6 is 0 Å². The standard InChI is InChI=1S/C14H21F2NO3/c1-17-13(4-5-20-9-14(15)16)10-6-11(18-2)8-12(7-10)19-3/h6-8,13-14,17H,4-5,9H2,1-3H3. The van der Waals surface area contributed by atoms with Crippen LogP contribution in [-0.4, -0.2) is 40.9 Å². The van der Waals surface area contributed by atoms with Crippen LogP contribution in [0.2, 0.25) is 0 Å². The summed E-state index contributed by atoms with van der Waals surface area (Å²) in [5, 5.41) is 3.13. The maximum absolute atomic E-state index is 12.0. The van der Waals surface area contributed by atoms with Gasteiger partial charge in [0.25, 0.3) is 6.43 Å². The zero-order valence-corrected chi connectivity index (χ0v) is 12.0. The van der Waals surface area contributed by atoms with E-state index in [0.29, 0.717) is 17.9 Å². The lowest BCUT2D eigenvalue weighted by Crippen LogP contribution is -2.19. The van der Waals surface area contributed by atoms with E-state index >= 15 is 0 Å². The van der Waals surface area contributed by atoms with Gasteiger partial charge in [0.05, 0.1) is 14.2 Å². The summed E-state index contributed by atoms with van der Waals surface area (Å²) in [6.45, 7) is -0.271. The summed E-state index contributed by atoms with van der Waals surface area (Å²) in [6, 6.07) is 5.54. The highest BCUT2D eigenvalue weighted by molar-refractivity contribution is 5.39. The molecule has 0 fully saturated rings. The molecule has 1 N–H and O–H groups in total. The lowest BCUT2D eigenvalue weighted by atomic mass is 10.0. The quantitative estimate of drug-likeness (QED) is 0.709. The van der Waals surface area contributed by atoms with Crippen molar-refractivity contribution in [2.75, 3.05) is 34.5 Å². The monoisotopic (exact) mass is 289 g/mol. The van der Waals surface area contributed by atoms with Gasteiger partial charge in [0.1, 0.15) is 18.1 Å². The molecule has 4 nitrogen and oxygen atoms in total. The minimum absolute atomic E-state index is 0.0170. The molecule has 1 atom stereocenters. The molecular weight excluding hydrogens is 268 g/mol. The summed E-state index contributed by atoms with van der Waals surface area (Å²) in [7, 11) is 4.97. The van der Waals surface area contributed by atoms with Crippen LogP contribution in [0.5, 0.6) is 11.5 Å².